The molecule has 0 bridgehead atoms. The number of piperazine rings is 1. The third-order valence-corrected chi connectivity index (χ3v) is 6.16. The minimum absolute atomic E-state index is 0.0213. The Balaban J connectivity index is 1.55. The molecule has 1 amide bonds. The molecule has 1 N–H and O–H groups in total. The predicted molar refractivity (Wildman–Crippen MR) is 120 cm³/mol. The van der Waals surface area contributed by atoms with Crippen molar-refractivity contribution >= 4 is 28.5 Å². The SMILES string of the molecule is Cc1ccc([C@H](CNC(=O)c2cc(=O)c3cc(Cl)c(C)cc3o2)N2CCN(C)CC2)o1. The third-order valence-electron chi connectivity index (χ3n) is 5.76. The minimum atomic E-state index is -0.436. The molecule has 4 rings (SSSR count). The molecule has 3 heterocycles. The van der Waals surface area contributed by atoms with Gasteiger partial charge in [-0.25, -0.2) is 0 Å². The summed E-state index contributed by atoms with van der Waals surface area (Å²) in [4.78, 5) is 29.9. The van der Waals surface area contributed by atoms with Crippen molar-refractivity contribution in [3.63, 3.8) is 0 Å². The lowest BCUT2D eigenvalue weighted by molar-refractivity contribution is 0.0830. The first-order chi connectivity index (χ1) is 14.8. The summed E-state index contributed by atoms with van der Waals surface area (Å²) in [6, 6.07) is 8.24. The van der Waals surface area contributed by atoms with E-state index >= 15 is 0 Å². The summed E-state index contributed by atoms with van der Waals surface area (Å²) < 4.78 is 11.6. The number of carbonyl (C=O) groups excluding carboxylic acids is 1. The lowest BCUT2D eigenvalue weighted by Crippen LogP contribution is -2.48. The number of hydrogen-bond donors (Lipinski definition) is 1. The number of halogens is 1. The van der Waals surface area contributed by atoms with Gasteiger partial charge in [-0.15, -0.1) is 0 Å². The highest BCUT2D eigenvalue weighted by molar-refractivity contribution is 6.32. The van der Waals surface area contributed by atoms with Crippen LogP contribution in [0.4, 0.5) is 0 Å². The summed E-state index contributed by atoms with van der Waals surface area (Å²) in [7, 11) is 2.10. The second-order valence-electron chi connectivity index (χ2n) is 8.09. The van der Waals surface area contributed by atoms with E-state index in [1.165, 1.54) is 6.07 Å². The maximum Gasteiger partial charge on any atom is 0.287 e. The van der Waals surface area contributed by atoms with Gasteiger partial charge in [-0.2, -0.15) is 0 Å². The highest BCUT2D eigenvalue weighted by Gasteiger charge is 2.27. The van der Waals surface area contributed by atoms with Gasteiger partial charge >= 0.3 is 0 Å². The van der Waals surface area contributed by atoms with Crippen LogP contribution in [-0.4, -0.2) is 55.5 Å². The van der Waals surface area contributed by atoms with Crippen LogP contribution in [0.15, 0.2) is 44.0 Å². The van der Waals surface area contributed by atoms with Crippen molar-refractivity contribution in [2.75, 3.05) is 39.8 Å². The Hall–Kier alpha value is -2.61. The normalized spacial score (nSPS) is 16.5. The number of furan rings is 1. The van der Waals surface area contributed by atoms with Crippen molar-refractivity contribution in [1.29, 1.82) is 0 Å². The molecule has 7 nitrogen and oxygen atoms in total. The molecule has 164 valence electrons. The lowest BCUT2D eigenvalue weighted by Gasteiger charge is -2.37. The van der Waals surface area contributed by atoms with E-state index in [1.807, 2.05) is 26.0 Å². The largest absolute Gasteiger partial charge is 0.465 e. The van der Waals surface area contributed by atoms with E-state index in [4.69, 9.17) is 20.4 Å². The van der Waals surface area contributed by atoms with Crippen molar-refractivity contribution < 1.29 is 13.6 Å². The molecule has 1 aliphatic heterocycles. The molecular formula is C23H26ClN3O4. The van der Waals surface area contributed by atoms with E-state index in [-0.39, 0.29) is 17.2 Å². The number of fused-ring (bicyclic) bond motifs is 1. The molecule has 31 heavy (non-hydrogen) atoms. The second-order valence-corrected chi connectivity index (χ2v) is 8.49. The summed E-state index contributed by atoms with van der Waals surface area (Å²) in [6.07, 6.45) is 0. The lowest BCUT2D eigenvalue weighted by atomic mass is 10.1. The number of hydrogen-bond acceptors (Lipinski definition) is 6. The smallest absolute Gasteiger partial charge is 0.287 e. The average Bonchev–Trinajstić information content (AvgIpc) is 3.16. The fourth-order valence-electron chi connectivity index (χ4n) is 3.84. The van der Waals surface area contributed by atoms with Gasteiger partial charge in [0.2, 0.25) is 0 Å². The van der Waals surface area contributed by atoms with Crippen LogP contribution in [-0.2, 0) is 0 Å². The van der Waals surface area contributed by atoms with Gasteiger partial charge in [0, 0.05) is 43.8 Å². The van der Waals surface area contributed by atoms with Crippen LogP contribution >= 0.6 is 11.6 Å². The van der Waals surface area contributed by atoms with Crippen molar-refractivity contribution in [2.24, 2.45) is 0 Å². The summed E-state index contributed by atoms with van der Waals surface area (Å²) in [5.41, 5.74) is 0.820. The molecule has 8 heteroatoms. The fraction of sp³-hybridized carbons (Fsp3) is 0.391. The molecular weight excluding hydrogens is 418 g/mol. The van der Waals surface area contributed by atoms with Crippen LogP contribution in [0.3, 0.4) is 0 Å². The van der Waals surface area contributed by atoms with E-state index in [0.717, 1.165) is 43.3 Å². The van der Waals surface area contributed by atoms with Crippen LogP contribution in [0, 0.1) is 13.8 Å². The van der Waals surface area contributed by atoms with Gasteiger partial charge in [-0.1, -0.05) is 11.6 Å². The first-order valence-electron chi connectivity index (χ1n) is 10.3. The molecule has 1 saturated heterocycles. The molecule has 1 aromatic carbocycles. The van der Waals surface area contributed by atoms with Crippen LogP contribution in [0.25, 0.3) is 11.0 Å². The number of carbonyl (C=O) groups is 1. The highest BCUT2D eigenvalue weighted by Crippen LogP contribution is 2.25. The number of rotatable bonds is 5. The summed E-state index contributed by atoms with van der Waals surface area (Å²) in [5, 5.41) is 3.76. The number of likely N-dealkylation sites (N-methyl/N-ethyl adjacent to an activating group) is 1. The Bertz CT molecular complexity index is 1160. The first-order valence-corrected chi connectivity index (χ1v) is 10.7. The van der Waals surface area contributed by atoms with Crippen molar-refractivity contribution in [3.05, 3.63) is 68.4 Å². The van der Waals surface area contributed by atoms with Crippen LogP contribution in [0.5, 0.6) is 0 Å². The van der Waals surface area contributed by atoms with Gasteiger partial charge in [0.1, 0.15) is 17.1 Å². The molecule has 0 saturated carbocycles. The monoisotopic (exact) mass is 443 g/mol. The molecule has 2 aromatic heterocycles. The zero-order valence-corrected chi connectivity index (χ0v) is 18.7. The number of benzene rings is 1. The van der Waals surface area contributed by atoms with E-state index < -0.39 is 5.91 Å². The van der Waals surface area contributed by atoms with E-state index in [0.29, 0.717) is 22.5 Å². The van der Waals surface area contributed by atoms with Gasteiger partial charge in [-0.05, 0) is 50.7 Å². The van der Waals surface area contributed by atoms with Crippen LogP contribution < -0.4 is 10.7 Å². The quantitative estimate of drug-likeness (QED) is 0.651. The molecule has 1 aliphatic rings. The summed E-state index contributed by atoms with van der Waals surface area (Å²) >= 11 is 6.11. The van der Waals surface area contributed by atoms with Gasteiger partial charge in [-0.3, -0.25) is 14.5 Å². The van der Waals surface area contributed by atoms with Gasteiger partial charge in [0.25, 0.3) is 5.91 Å². The predicted octanol–water partition coefficient (Wildman–Crippen LogP) is 3.37. The Morgan fingerprint density at radius 2 is 1.87 bits per heavy atom. The molecule has 0 aliphatic carbocycles. The molecule has 0 radical (unpaired) electrons. The van der Waals surface area contributed by atoms with Crippen molar-refractivity contribution in [2.45, 2.75) is 19.9 Å². The summed E-state index contributed by atoms with van der Waals surface area (Å²) in [5.74, 6) is 1.18. The molecule has 3 aromatic rings. The van der Waals surface area contributed by atoms with Crippen LogP contribution in [0.1, 0.15) is 33.7 Å². The average molecular weight is 444 g/mol. The highest BCUT2D eigenvalue weighted by atomic mass is 35.5. The van der Waals surface area contributed by atoms with Gasteiger partial charge < -0.3 is 19.1 Å². The standard InChI is InChI=1S/C23H26ClN3O4/c1-14-10-21-16(11-17(14)24)19(28)12-22(31-21)23(29)25-13-18(20-5-4-15(2)30-20)27-8-6-26(3)7-9-27/h4-5,10-12,18H,6-9,13H2,1-3H3,(H,25,29)/t18-/m0/s1. The number of aryl methyl sites for hydroxylation is 2. The van der Waals surface area contributed by atoms with Gasteiger partial charge in [0.15, 0.2) is 11.2 Å². The topological polar surface area (TPSA) is 78.9 Å². The molecule has 1 atom stereocenters. The molecule has 0 spiro atoms. The van der Waals surface area contributed by atoms with Crippen molar-refractivity contribution in [3.8, 4) is 0 Å². The molecule has 0 unspecified atom stereocenters. The Kier molecular flexibility index (Phi) is 6.18. The third kappa shape index (κ3) is 4.69. The van der Waals surface area contributed by atoms with E-state index in [9.17, 15) is 9.59 Å². The summed E-state index contributed by atoms with van der Waals surface area (Å²) in [6.45, 7) is 7.72. The molecule has 1 fully saturated rings. The second kappa shape index (κ2) is 8.86. The maximum atomic E-state index is 12.8. The Morgan fingerprint density at radius 1 is 1.13 bits per heavy atom. The van der Waals surface area contributed by atoms with Crippen molar-refractivity contribution in [1.82, 2.24) is 15.1 Å². The number of amides is 1. The van der Waals surface area contributed by atoms with Gasteiger partial charge in [0.05, 0.1) is 11.4 Å². The number of nitrogens with one attached hydrogen (secondary N) is 1. The maximum absolute atomic E-state index is 12.8. The Labute approximate surface area is 185 Å². The van der Waals surface area contributed by atoms with E-state index in [1.54, 1.807) is 12.1 Å². The fourth-order valence-corrected chi connectivity index (χ4v) is 4.00. The van der Waals surface area contributed by atoms with E-state index in [2.05, 4.69) is 22.2 Å². The minimum Gasteiger partial charge on any atom is -0.465 e. The van der Waals surface area contributed by atoms with Crippen LogP contribution in [0.2, 0.25) is 5.02 Å². The first kappa shape index (κ1) is 21.6. The Morgan fingerprint density at radius 3 is 2.55 bits per heavy atom. The number of nitrogens with zero attached hydrogens (tertiary/aromatic N) is 2. The zero-order chi connectivity index (χ0) is 22.1. The zero-order valence-electron chi connectivity index (χ0n) is 17.9.